The van der Waals surface area contributed by atoms with Crippen LogP contribution in [0, 0.1) is 6.92 Å². The van der Waals surface area contributed by atoms with Crippen LogP contribution in [0.2, 0.25) is 5.02 Å². The zero-order chi connectivity index (χ0) is 18.4. The minimum atomic E-state index is -0.100. The van der Waals surface area contributed by atoms with E-state index in [9.17, 15) is 4.79 Å². The van der Waals surface area contributed by atoms with Crippen molar-refractivity contribution in [2.45, 2.75) is 26.2 Å². The summed E-state index contributed by atoms with van der Waals surface area (Å²) in [6.07, 6.45) is 3.27. The van der Waals surface area contributed by atoms with E-state index in [0.29, 0.717) is 17.3 Å². The molecule has 0 saturated heterocycles. The molecule has 0 bridgehead atoms. The van der Waals surface area contributed by atoms with Gasteiger partial charge in [-0.25, -0.2) is 0 Å². The Kier molecular flexibility index (Phi) is 6.40. The van der Waals surface area contributed by atoms with Gasteiger partial charge in [-0.05, 0) is 61.6 Å². The molecule has 3 rings (SSSR count). The third kappa shape index (κ3) is 4.92. The number of hydrogen-bond acceptors (Lipinski definition) is 3. The van der Waals surface area contributed by atoms with Crippen molar-refractivity contribution >= 4 is 23.2 Å². The van der Waals surface area contributed by atoms with E-state index in [-0.39, 0.29) is 12.5 Å². The summed E-state index contributed by atoms with van der Waals surface area (Å²) in [6, 6.07) is 14.0. The number of fused-ring (bicyclic) bond motifs is 1. The van der Waals surface area contributed by atoms with Crippen LogP contribution >= 0.6 is 11.6 Å². The van der Waals surface area contributed by atoms with Gasteiger partial charge in [-0.2, -0.15) is 0 Å². The van der Waals surface area contributed by atoms with Crippen LogP contribution in [0.3, 0.4) is 0 Å². The number of nitrogens with one attached hydrogen (secondary N) is 1. The molecular weight excluding hydrogens is 348 g/mol. The van der Waals surface area contributed by atoms with Gasteiger partial charge in [-0.15, -0.1) is 0 Å². The fourth-order valence-corrected chi connectivity index (χ4v) is 3.37. The lowest BCUT2D eigenvalue weighted by Crippen LogP contribution is -2.34. The summed E-state index contributed by atoms with van der Waals surface area (Å²) in [5, 5.41) is 3.62. The zero-order valence-electron chi connectivity index (χ0n) is 15.1. The summed E-state index contributed by atoms with van der Waals surface area (Å²) < 4.78 is 5.52. The summed E-state index contributed by atoms with van der Waals surface area (Å²) >= 11 is 5.98. The zero-order valence-corrected chi connectivity index (χ0v) is 15.9. The molecule has 26 heavy (non-hydrogen) atoms. The quantitative estimate of drug-likeness (QED) is 0.747. The van der Waals surface area contributed by atoms with E-state index in [1.807, 2.05) is 13.0 Å². The highest BCUT2D eigenvalue weighted by Gasteiger charge is 2.15. The van der Waals surface area contributed by atoms with Crippen molar-refractivity contribution in [2.24, 2.45) is 0 Å². The number of ether oxygens (including phenoxy) is 1. The number of rotatable bonds is 7. The van der Waals surface area contributed by atoms with E-state index in [1.54, 1.807) is 12.1 Å². The van der Waals surface area contributed by atoms with E-state index < -0.39 is 0 Å². The molecule has 1 heterocycles. The number of halogens is 1. The van der Waals surface area contributed by atoms with Crippen molar-refractivity contribution in [3.05, 3.63) is 58.6 Å². The van der Waals surface area contributed by atoms with Crippen LogP contribution < -0.4 is 15.0 Å². The van der Waals surface area contributed by atoms with Crippen molar-refractivity contribution in [3.8, 4) is 5.75 Å². The Labute approximate surface area is 160 Å². The van der Waals surface area contributed by atoms with Gasteiger partial charge in [0, 0.05) is 30.3 Å². The molecule has 138 valence electrons. The second kappa shape index (κ2) is 8.95. The Balaban J connectivity index is 1.37. The molecule has 2 aromatic rings. The number of nitrogens with zero attached hydrogens (tertiary/aromatic N) is 1. The minimum absolute atomic E-state index is 0.0214. The topological polar surface area (TPSA) is 41.6 Å². The van der Waals surface area contributed by atoms with E-state index >= 15 is 0 Å². The second-order valence-corrected chi connectivity index (χ2v) is 7.03. The Morgan fingerprint density at radius 1 is 1.27 bits per heavy atom. The number of para-hydroxylation sites is 1. The molecule has 0 fully saturated rings. The van der Waals surface area contributed by atoms with Crippen molar-refractivity contribution in [1.29, 1.82) is 0 Å². The van der Waals surface area contributed by atoms with Crippen LogP contribution in [0.4, 0.5) is 5.69 Å². The van der Waals surface area contributed by atoms with E-state index in [2.05, 4.69) is 34.5 Å². The van der Waals surface area contributed by atoms with Gasteiger partial charge in [0.25, 0.3) is 5.91 Å². The lowest BCUT2D eigenvalue weighted by Gasteiger charge is -2.31. The van der Waals surface area contributed by atoms with Crippen LogP contribution in [-0.4, -0.2) is 32.1 Å². The van der Waals surface area contributed by atoms with Crippen molar-refractivity contribution in [3.63, 3.8) is 0 Å². The standard InChI is InChI=1S/C21H25ClN2O2/c1-16-14-18(9-10-19(16)22)26-15-21(25)23-11-5-13-24-12-4-7-17-6-2-3-8-20(17)24/h2-3,6,8-10,14H,4-5,7,11-13,15H2,1H3,(H,23,25). The fourth-order valence-electron chi connectivity index (χ4n) is 3.25. The first-order valence-electron chi connectivity index (χ1n) is 9.12. The van der Waals surface area contributed by atoms with Gasteiger partial charge in [-0.1, -0.05) is 29.8 Å². The van der Waals surface area contributed by atoms with Gasteiger partial charge in [0.15, 0.2) is 6.61 Å². The summed E-state index contributed by atoms with van der Waals surface area (Å²) in [5.74, 6) is 0.559. The van der Waals surface area contributed by atoms with Gasteiger partial charge in [0.2, 0.25) is 0 Å². The van der Waals surface area contributed by atoms with Crippen molar-refractivity contribution in [2.75, 3.05) is 31.1 Å². The molecule has 1 aliphatic heterocycles. The maximum absolute atomic E-state index is 11.9. The van der Waals surface area contributed by atoms with Crippen LogP contribution in [0.25, 0.3) is 0 Å². The fraction of sp³-hybridized carbons (Fsp3) is 0.381. The number of anilines is 1. The first-order chi connectivity index (χ1) is 12.6. The summed E-state index contributed by atoms with van der Waals surface area (Å²) in [6.45, 7) is 4.63. The Bertz CT molecular complexity index is 763. The molecule has 0 aliphatic carbocycles. The second-order valence-electron chi connectivity index (χ2n) is 6.62. The Hall–Kier alpha value is -2.20. The molecule has 0 atom stereocenters. The average molecular weight is 373 g/mol. The first-order valence-corrected chi connectivity index (χ1v) is 9.50. The van der Waals surface area contributed by atoms with Crippen molar-refractivity contribution < 1.29 is 9.53 Å². The predicted molar refractivity (Wildman–Crippen MR) is 106 cm³/mol. The van der Waals surface area contributed by atoms with E-state index in [4.69, 9.17) is 16.3 Å². The normalized spacial score (nSPS) is 13.2. The summed E-state index contributed by atoms with van der Waals surface area (Å²) in [5.41, 5.74) is 3.70. The van der Waals surface area contributed by atoms with Crippen LogP contribution in [0.5, 0.6) is 5.75 Å². The van der Waals surface area contributed by atoms with Gasteiger partial charge in [0.1, 0.15) is 5.75 Å². The van der Waals surface area contributed by atoms with Gasteiger partial charge in [-0.3, -0.25) is 4.79 Å². The smallest absolute Gasteiger partial charge is 0.257 e. The highest BCUT2D eigenvalue weighted by molar-refractivity contribution is 6.31. The number of aryl methyl sites for hydroxylation is 2. The molecule has 0 spiro atoms. The monoisotopic (exact) mass is 372 g/mol. The van der Waals surface area contributed by atoms with Gasteiger partial charge >= 0.3 is 0 Å². The molecule has 0 unspecified atom stereocenters. The van der Waals surface area contributed by atoms with Gasteiger partial charge in [0.05, 0.1) is 0 Å². The largest absolute Gasteiger partial charge is 0.484 e. The number of carbonyl (C=O) groups is 1. The highest BCUT2D eigenvalue weighted by Crippen LogP contribution is 2.26. The number of hydrogen-bond donors (Lipinski definition) is 1. The molecule has 2 aromatic carbocycles. The highest BCUT2D eigenvalue weighted by atomic mass is 35.5. The van der Waals surface area contributed by atoms with Crippen molar-refractivity contribution in [1.82, 2.24) is 5.32 Å². The molecule has 0 aromatic heterocycles. The maximum atomic E-state index is 11.9. The maximum Gasteiger partial charge on any atom is 0.257 e. The number of benzene rings is 2. The van der Waals surface area contributed by atoms with Crippen LogP contribution in [0.1, 0.15) is 24.0 Å². The molecule has 1 N–H and O–H groups in total. The third-order valence-corrected chi connectivity index (χ3v) is 5.06. The molecule has 0 radical (unpaired) electrons. The SMILES string of the molecule is Cc1cc(OCC(=O)NCCCN2CCCc3ccccc32)ccc1Cl. The first kappa shape index (κ1) is 18.6. The Morgan fingerprint density at radius 2 is 2.12 bits per heavy atom. The Morgan fingerprint density at radius 3 is 2.96 bits per heavy atom. The van der Waals surface area contributed by atoms with Crippen LogP contribution in [0.15, 0.2) is 42.5 Å². The lowest BCUT2D eigenvalue weighted by molar-refractivity contribution is -0.123. The van der Waals surface area contributed by atoms with E-state index in [0.717, 1.165) is 31.5 Å². The van der Waals surface area contributed by atoms with Gasteiger partial charge < -0.3 is 15.0 Å². The molecule has 1 amide bonds. The predicted octanol–water partition coefficient (Wildman–Crippen LogP) is 3.99. The summed E-state index contributed by atoms with van der Waals surface area (Å²) in [4.78, 5) is 14.4. The number of carbonyl (C=O) groups excluding carboxylic acids is 1. The average Bonchev–Trinajstić information content (AvgIpc) is 2.66. The lowest BCUT2D eigenvalue weighted by atomic mass is 10.0. The molecule has 4 nitrogen and oxygen atoms in total. The van der Waals surface area contributed by atoms with Crippen LogP contribution in [-0.2, 0) is 11.2 Å². The molecular formula is C21H25ClN2O2. The third-order valence-electron chi connectivity index (χ3n) is 4.63. The van der Waals surface area contributed by atoms with E-state index in [1.165, 1.54) is 17.7 Å². The summed E-state index contributed by atoms with van der Waals surface area (Å²) in [7, 11) is 0. The minimum Gasteiger partial charge on any atom is -0.484 e. The number of amides is 1. The molecule has 0 saturated carbocycles. The molecule has 5 heteroatoms. The molecule has 1 aliphatic rings.